The lowest BCUT2D eigenvalue weighted by Gasteiger charge is -2.28. The summed E-state index contributed by atoms with van der Waals surface area (Å²) in [5.74, 6) is 0.649. The van der Waals surface area contributed by atoms with Crippen molar-refractivity contribution in [1.82, 2.24) is 4.90 Å². The zero-order chi connectivity index (χ0) is 13.7. The van der Waals surface area contributed by atoms with Gasteiger partial charge < -0.3 is 14.4 Å². The molecule has 0 atom stereocenters. The number of benzene rings is 1. The molecule has 0 N–H and O–H groups in total. The van der Waals surface area contributed by atoms with Gasteiger partial charge in [-0.1, -0.05) is 12.2 Å². The predicted octanol–water partition coefficient (Wildman–Crippen LogP) is 1.93. The van der Waals surface area contributed by atoms with Crippen molar-refractivity contribution < 1.29 is 14.3 Å². The van der Waals surface area contributed by atoms with Gasteiger partial charge in [0, 0.05) is 18.7 Å². The molecule has 0 unspecified atom stereocenters. The standard InChI is InChI=1S/C14H17NO3S/c1-2-18-12-5-3-11(4-6-12)13(16)14(19)15-7-9-17-10-8-15/h3-6H,2,7-10H2,1H3. The number of hydrogen-bond donors (Lipinski definition) is 0. The third-order valence-corrected chi connectivity index (χ3v) is 3.36. The van der Waals surface area contributed by atoms with E-state index in [1.165, 1.54) is 0 Å². The van der Waals surface area contributed by atoms with Crippen LogP contribution in [0.25, 0.3) is 0 Å². The largest absolute Gasteiger partial charge is 0.494 e. The molecular formula is C14H17NO3S. The molecule has 1 aliphatic heterocycles. The van der Waals surface area contributed by atoms with E-state index in [0.717, 1.165) is 5.75 Å². The van der Waals surface area contributed by atoms with E-state index in [1.54, 1.807) is 24.3 Å². The van der Waals surface area contributed by atoms with Crippen LogP contribution in [0.1, 0.15) is 17.3 Å². The minimum atomic E-state index is -0.111. The highest BCUT2D eigenvalue weighted by atomic mass is 32.1. The first-order valence-corrected chi connectivity index (χ1v) is 6.77. The first-order valence-electron chi connectivity index (χ1n) is 6.36. The number of hydrogen-bond acceptors (Lipinski definition) is 4. The molecular weight excluding hydrogens is 262 g/mol. The van der Waals surface area contributed by atoms with Gasteiger partial charge in [0.2, 0.25) is 5.78 Å². The maximum Gasteiger partial charge on any atom is 0.220 e. The smallest absolute Gasteiger partial charge is 0.220 e. The molecule has 0 spiro atoms. The highest BCUT2D eigenvalue weighted by Gasteiger charge is 2.20. The van der Waals surface area contributed by atoms with Crippen LogP contribution in [0.2, 0.25) is 0 Å². The highest BCUT2D eigenvalue weighted by Crippen LogP contribution is 2.14. The van der Waals surface area contributed by atoms with E-state index >= 15 is 0 Å². The van der Waals surface area contributed by atoms with Crippen LogP contribution in [-0.2, 0) is 4.74 Å². The molecule has 102 valence electrons. The average Bonchev–Trinajstić information content (AvgIpc) is 2.48. The number of ether oxygens (including phenoxy) is 2. The molecule has 1 saturated heterocycles. The van der Waals surface area contributed by atoms with Crippen molar-refractivity contribution in [3.63, 3.8) is 0 Å². The van der Waals surface area contributed by atoms with Crippen molar-refractivity contribution in [2.24, 2.45) is 0 Å². The summed E-state index contributed by atoms with van der Waals surface area (Å²) in [4.78, 5) is 14.5. The SMILES string of the molecule is CCOc1ccc(C(=O)C(=S)N2CCOCC2)cc1. The van der Waals surface area contributed by atoms with E-state index in [0.29, 0.717) is 43.5 Å². The van der Waals surface area contributed by atoms with Crippen LogP contribution in [0.4, 0.5) is 0 Å². The molecule has 0 saturated carbocycles. The fraction of sp³-hybridized carbons (Fsp3) is 0.429. The lowest BCUT2D eigenvalue weighted by atomic mass is 10.1. The number of rotatable bonds is 4. The molecule has 1 aromatic carbocycles. The van der Waals surface area contributed by atoms with Gasteiger partial charge in [0.1, 0.15) is 5.75 Å². The molecule has 2 rings (SSSR count). The fourth-order valence-corrected chi connectivity index (χ4v) is 2.20. The molecule has 0 radical (unpaired) electrons. The van der Waals surface area contributed by atoms with Crippen LogP contribution in [0.5, 0.6) is 5.75 Å². The summed E-state index contributed by atoms with van der Waals surface area (Å²) in [7, 11) is 0. The Balaban J connectivity index is 2.03. The summed E-state index contributed by atoms with van der Waals surface area (Å²) in [6, 6.07) is 7.08. The summed E-state index contributed by atoms with van der Waals surface area (Å²) in [5.41, 5.74) is 0.597. The Morgan fingerprint density at radius 2 is 1.95 bits per heavy atom. The number of thiocarbonyl (C=S) groups is 1. The number of ketones is 1. The van der Waals surface area contributed by atoms with Gasteiger partial charge in [0.25, 0.3) is 0 Å². The van der Waals surface area contributed by atoms with Gasteiger partial charge in [-0.2, -0.15) is 0 Å². The zero-order valence-corrected chi connectivity index (χ0v) is 11.7. The average molecular weight is 279 g/mol. The normalized spacial score (nSPS) is 15.1. The molecule has 0 aliphatic carbocycles. The molecule has 5 heteroatoms. The van der Waals surface area contributed by atoms with E-state index in [4.69, 9.17) is 21.7 Å². The topological polar surface area (TPSA) is 38.8 Å². The summed E-state index contributed by atoms with van der Waals surface area (Å²) in [6.45, 7) is 5.14. The van der Waals surface area contributed by atoms with Crippen LogP contribution < -0.4 is 4.74 Å². The second-order valence-electron chi connectivity index (χ2n) is 4.19. The van der Waals surface area contributed by atoms with Gasteiger partial charge in [0.05, 0.1) is 19.8 Å². The summed E-state index contributed by atoms with van der Waals surface area (Å²) in [6.07, 6.45) is 0. The Labute approximate surface area is 118 Å². The van der Waals surface area contributed by atoms with Gasteiger partial charge in [-0.3, -0.25) is 4.79 Å². The van der Waals surface area contributed by atoms with Crippen molar-refractivity contribution in [3.8, 4) is 5.75 Å². The molecule has 0 bridgehead atoms. The minimum absolute atomic E-state index is 0.111. The van der Waals surface area contributed by atoms with Crippen LogP contribution in [0.3, 0.4) is 0 Å². The number of carbonyl (C=O) groups is 1. The molecule has 1 aliphatic rings. The van der Waals surface area contributed by atoms with Gasteiger partial charge in [0.15, 0.2) is 4.99 Å². The minimum Gasteiger partial charge on any atom is -0.494 e. The molecule has 4 nitrogen and oxygen atoms in total. The van der Waals surface area contributed by atoms with Crippen molar-refractivity contribution >= 4 is 23.0 Å². The second kappa shape index (κ2) is 6.63. The number of Topliss-reactive ketones (excluding diaryl/α,β-unsaturated/α-hetero) is 1. The molecule has 19 heavy (non-hydrogen) atoms. The Hall–Kier alpha value is -1.46. The molecule has 0 aromatic heterocycles. The Kier molecular flexibility index (Phi) is 4.87. The summed E-state index contributed by atoms with van der Waals surface area (Å²) in [5, 5.41) is 0. The van der Waals surface area contributed by atoms with Gasteiger partial charge in [-0.05, 0) is 31.2 Å². The van der Waals surface area contributed by atoms with Crippen LogP contribution in [0, 0.1) is 0 Å². The first kappa shape index (κ1) is 14.0. The van der Waals surface area contributed by atoms with E-state index < -0.39 is 0 Å². The van der Waals surface area contributed by atoms with E-state index in [9.17, 15) is 4.79 Å². The number of carbonyl (C=O) groups excluding carboxylic acids is 1. The van der Waals surface area contributed by atoms with Gasteiger partial charge in [-0.25, -0.2) is 0 Å². The van der Waals surface area contributed by atoms with E-state index in [1.807, 2.05) is 11.8 Å². The third-order valence-electron chi connectivity index (χ3n) is 2.92. The van der Waals surface area contributed by atoms with Crippen LogP contribution in [0.15, 0.2) is 24.3 Å². The number of nitrogens with zero attached hydrogens (tertiary/aromatic N) is 1. The quantitative estimate of drug-likeness (QED) is 0.622. The van der Waals surface area contributed by atoms with Crippen LogP contribution >= 0.6 is 12.2 Å². The monoisotopic (exact) mass is 279 g/mol. The maximum absolute atomic E-state index is 12.2. The van der Waals surface area contributed by atoms with Crippen molar-refractivity contribution in [2.75, 3.05) is 32.9 Å². The fourth-order valence-electron chi connectivity index (χ4n) is 1.90. The summed E-state index contributed by atoms with van der Waals surface area (Å²) >= 11 is 5.25. The lowest BCUT2D eigenvalue weighted by molar-refractivity contribution is 0.0670. The molecule has 1 heterocycles. The van der Waals surface area contributed by atoms with Crippen molar-refractivity contribution in [2.45, 2.75) is 6.92 Å². The molecule has 1 aromatic rings. The van der Waals surface area contributed by atoms with Gasteiger partial charge in [-0.15, -0.1) is 0 Å². The Morgan fingerprint density at radius 1 is 1.32 bits per heavy atom. The molecule has 0 amide bonds. The van der Waals surface area contributed by atoms with Gasteiger partial charge >= 0.3 is 0 Å². The zero-order valence-electron chi connectivity index (χ0n) is 10.9. The molecule has 1 fully saturated rings. The maximum atomic E-state index is 12.2. The van der Waals surface area contributed by atoms with Crippen molar-refractivity contribution in [3.05, 3.63) is 29.8 Å². The number of morpholine rings is 1. The van der Waals surface area contributed by atoms with Crippen molar-refractivity contribution in [1.29, 1.82) is 0 Å². The Morgan fingerprint density at radius 3 is 2.53 bits per heavy atom. The van der Waals surface area contributed by atoms with Crippen LogP contribution in [-0.4, -0.2) is 48.6 Å². The highest BCUT2D eigenvalue weighted by molar-refractivity contribution is 7.82. The predicted molar refractivity (Wildman–Crippen MR) is 76.9 cm³/mol. The van der Waals surface area contributed by atoms with E-state index in [2.05, 4.69) is 0 Å². The first-order chi connectivity index (χ1) is 9.22. The second-order valence-corrected chi connectivity index (χ2v) is 4.58. The Bertz CT molecular complexity index is 452. The van der Waals surface area contributed by atoms with E-state index in [-0.39, 0.29) is 5.78 Å². The third kappa shape index (κ3) is 3.52. The summed E-state index contributed by atoms with van der Waals surface area (Å²) < 4.78 is 10.6. The lowest BCUT2D eigenvalue weighted by Crippen LogP contribution is -2.43.